The Bertz CT molecular complexity index is 338. The van der Waals surface area contributed by atoms with E-state index in [2.05, 4.69) is 6.58 Å². The average molecular weight is 226 g/mol. The van der Waals surface area contributed by atoms with Crippen LogP contribution in [0.15, 0.2) is 35.9 Å². The lowest BCUT2D eigenvalue weighted by atomic mass is 10.0. The Balaban J connectivity index is 2.81. The molecule has 0 saturated carbocycles. The molecule has 2 N–H and O–H groups in total. The highest BCUT2D eigenvalue weighted by Gasteiger charge is 2.09. The highest BCUT2D eigenvalue weighted by molar-refractivity contribution is 6.29. The molecule has 0 aliphatic heterocycles. The summed E-state index contributed by atoms with van der Waals surface area (Å²) in [6, 6.07) is 7.74. The molecule has 0 amide bonds. The summed E-state index contributed by atoms with van der Waals surface area (Å²) >= 11 is 5.64. The van der Waals surface area contributed by atoms with Gasteiger partial charge in [0.25, 0.3) is 0 Å². The Hall–Kier alpha value is -0.990. The number of benzene rings is 1. The van der Waals surface area contributed by atoms with Crippen LogP contribution in [0.3, 0.4) is 0 Å². The van der Waals surface area contributed by atoms with Crippen LogP contribution in [0.2, 0.25) is 0 Å². The molecule has 0 aliphatic rings. The first kappa shape index (κ1) is 12.1. The number of para-hydroxylation sites is 1. The molecule has 0 heterocycles. The molecule has 1 atom stereocenters. The van der Waals surface area contributed by atoms with E-state index in [-0.39, 0.29) is 6.04 Å². The van der Waals surface area contributed by atoms with E-state index in [1.165, 1.54) is 0 Å². The highest BCUT2D eigenvalue weighted by Crippen LogP contribution is 2.25. The predicted octanol–water partition coefficient (Wildman–Crippen LogP) is 3.23. The van der Waals surface area contributed by atoms with Crippen molar-refractivity contribution < 1.29 is 4.74 Å². The van der Waals surface area contributed by atoms with Gasteiger partial charge in [-0.3, -0.25) is 0 Å². The van der Waals surface area contributed by atoms with Crippen LogP contribution in [0.25, 0.3) is 0 Å². The maximum Gasteiger partial charge on any atom is 0.124 e. The topological polar surface area (TPSA) is 35.2 Å². The molecular weight excluding hydrogens is 210 g/mol. The molecule has 0 spiro atoms. The molecule has 0 saturated heterocycles. The first-order valence-electron chi connectivity index (χ1n) is 4.95. The van der Waals surface area contributed by atoms with Crippen LogP contribution in [0, 0.1) is 0 Å². The molecule has 0 bridgehead atoms. The van der Waals surface area contributed by atoms with Gasteiger partial charge in [-0.1, -0.05) is 43.3 Å². The number of halogens is 1. The minimum atomic E-state index is 0.00444. The van der Waals surface area contributed by atoms with Crippen molar-refractivity contribution in [2.24, 2.45) is 5.73 Å². The third-order valence-corrected chi connectivity index (χ3v) is 2.25. The van der Waals surface area contributed by atoms with Crippen molar-refractivity contribution in [1.29, 1.82) is 0 Å². The highest BCUT2D eigenvalue weighted by atomic mass is 35.5. The summed E-state index contributed by atoms with van der Waals surface area (Å²) in [5, 5.41) is 0.481. The van der Waals surface area contributed by atoms with Gasteiger partial charge in [-0.2, -0.15) is 0 Å². The van der Waals surface area contributed by atoms with Crippen molar-refractivity contribution in [3.63, 3.8) is 0 Å². The summed E-state index contributed by atoms with van der Waals surface area (Å²) in [5.74, 6) is 0.786. The van der Waals surface area contributed by atoms with Gasteiger partial charge in [0.15, 0.2) is 0 Å². The molecule has 3 heteroatoms. The van der Waals surface area contributed by atoms with Crippen molar-refractivity contribution in [2.75, 3.05) is 6.61 Å². The summed E-state index contributed by atoms with van der Waals surface area (Å²) < 4.78 is 5.51. The number of rotatable bonds is 5. The molecule has 0 unspecified atom stereocenters. The molecule has 0 aromatic heterocycles. The van der Waals surface area contributed by atoms with E-state index in [0.29, 0.717) is 11.6 Å². The van der Waals surface area contributed by atoms with Crippen LogP contribution in [0.5, 0.6) is 5.75 Å². The third-order valence-electron chi connectivity index (χ3n) is 2.14. The monoisotopic (exact) mass is 225 g/mol. The van der Waals surface area contributed by atoms with Crippen molar-refractivity contribution in [1.82, 2.24) is 0 Å². The van der Waals surface area contributed by atoms with Crippen LogP contribution in [0.4, 0.5) is 0 Å². The summed E-state index contributed by atoms with van der Waals surface area (Å²) in [6.45, 7) is 5.93. The second-order valence-electron chi connectivity index (χ2n) is 3.36. The molecule has 1 rings (SSSR count). The van der Waals surface area contributed by atoms with Gasteiger partial charge in [0, 0.05) is 16.6 Å². The largest absolute Gasteiger partial charge is 0.488 e. The first-order valence-corrected chi connectivity index (χ1v) is 5.33. The normalized spacial score (nSPS) is 12.2. The zero-order valence-electron chi connectivity index (χ0n) is 8.87. The van der Waals surface area contributed by atoms with E-state index in [4.69, 9.17) is 22.1 Å². The SMILES string of the molecule is C=C(Cl)COc1ccccc1[C@H](N)CC. The molecule has 2 nitrogen and oxygen atoms in total. The quantitative estimate of drug-likeness (QED) is 0.835. The van der Waals surface area contributed by atoms with Crippen molar-refractivity contribution in [2.45, 2.75) is 19.4 Å². The van der Waals surface area contributed by atoms with Crippen LogP contribution >= 0.6 is 11.6 Å². The van der Waals surface area contributed by atoms with Gasteiger partial charge in [0.2, 0.25) is 0 Å². The van der Waals surface area contributed by atoms with Gasteiger partial charge in [-0.05, 0) is 12.5 Å². The Kier molecular flexibility index (Phi) is 4.66. The summed E-state index contributed by atoms with van der Waals surface area (Å²) in [6.07, 6.45) is 0.877. The van der Waals surface area contributed by atoms with Crippen molar-refractivity contribution in [3.8, 4) is 5.75 Å². The lowest BCUT2D eigenvalue weighted by molar-refractivity contribution is 0.352. The number of hydrogen-bond donors (Lipinski definition) is 1. The number of ether oxygens (including phenoxy) is 1. The second kappa shape index (κ2) is 5.79. The predicted molar refractivity (Wildman–Crippen MR) is 64.1 cm³/mol. The Morgan fingerprint density at radius 1 is 1.53 bits per heavy atom. The summed E-state index contributed by atoms with van der Waals surface area (Å²) in [7, 11) is 0. The zero-order chi connectivity index (χ0) is 11.3. The fourth-order valence-corrected chi connectivity index (χ4v) is 1.35. The molecule has 0 radical (unpaired) electrons. The maximum atomic E-state index is 5.97. The van der Waals surface area contributed by atoms with E-state index < -0.39 is 0 Å². The van der Waals surface area contributed by atoms with Gasteiger partial charge in [-0.25, -0.2) is 0 Å². The van der Waals surface area contributed by atoms with Crippen LogP contribution in [0.1, 0.15) is 24.9 Å². The lowest BCUT2D eigenvalue weighted by Crippen LogP contribution is -2.11. The van der Waals surface area contributed by atoms with E-state index >= 15 is 0 Å². The van der Waals surface area contributed by atoms with E-state index in [1.807, 2.05) is 31.2 Å². The Morgan fingerprint density at radius 3 is 2.80 bits per heavy atom. The smallest absolute Gasteiger partial charge is 0.124 e. The molecular formula is C12H16ClNO. The summed E-state index contributed by atoms with van der Waals surface area (Å²) in [5.41, 5.74) is 6.98. The Morgan fingerprint density at radius 2 is 2.20 bits per heavy atom. The van der Waals surface area contributed by atoms with Gasteiger partial charge >= 0.3 is 0 Å². The van der Waals surface area contributed by atoms with E-state index in [9.17, 15) is 0 Å². The fourth-order valence-electron chi connectivity index (χ4n) is 1.29. The third kappa shape index (κ3) is 3.57. The standard InChI is InChI=1S/C12H16ClNO/c1-3-11(14)10-6-4-5-7-12(10)15-8-9(2)13/h4-7,11H,2-3,8,14H2,1H3/t11-/m1/s1. The van der Waals surface area contributed by atoms with E-state index in [0.717, 1.165) is 17.7 Å². The molecule has 82 valence electrons. The van der Waals surface area contributed by atoms with Gasteiger partial charge < -0.3 is 10.5 Å². The minimum Gasteiger partial charge on any atom is -0.488 e. The minimum absolute atomic E-state index is 0.00444. The lowest BCUT2D eigenvalue weighted by Gasteiger charge is -2.15. The zero-order valence-corrected chi connectivity index (χ0v) is 9.63. The first-order chi connectivity index (χ1) is 7.15. The average Bonchev–Trinajstić information content (AvgIpc) is 2.25. The Labute approximate surface area is 95.7 Å². The molecule has 0 aliphatic carbocycles. The van der Waals surface area contributed by atoms with Crippen molar-refractivity contribution >= 4 is 11.6 Å². The molecule has 0 fully saturated rings. The van der Waals surface area contributed by atoms with Crippen molar-refractivity contribution in [3.05, 3.63) is 41.4 Å². The summed E-state index contributed by atoms with van der Waals surface area (Å²) in [4.78, 5) is 0. The number of hydrogen-bond acceptors (Lipinski definition) is 2. The van der Waals surface area contributed by atoms with Gasteiger partial charge in [0.1, 0.15) is 12.4 Å². The van der Waals surface area contributed by atoms with E-state index in [1.54, 1.807) is 0 Å². The van der Waals surface area contributed by atoms with Crippen LogP contribution < -0.4 is 10.5 Å². The second-order valence-corrected chi connectivity index (χ2v) is 3.89. The number of nitrogens with two attached hydrogens (primary N) is 1. The van der Waals surface area contributed by atoms with Gasteiger partial charge in [0.05, 0.1) is 0 Å². The molecule has 15 heavy (non-hydrogen) atoms. The fraction of sp³-hybridized carbons (Fsp3) is 0.333. The molecule has 1 aromatic rings. The van der Waals surface area contributed by atoms with Crippen LogP contribution in [-0.2, 0) is 0 Å². The van der Waals surface area contributed by atoms with Gasteiger partial charge in [-0.15, -0.1) is 0 Å². The maximum absolute atomic E-state index is 5.97. The molecule has 1 aromatic carbocycles. The van der Waals surface area contributed by atoms with Crippen LogP contribution in [-0.4, -0.2) is 6.61 Å².